The minimum absolute atomic E-state index is 0.0260. The molecule has 0 saturated carbocycles. The Balaban J connectivity index is 1.36. The van der Waals surface area contributed by atoms with Crippen LogP contribution in [0.25, 0.3) is 0 Å². The molecule has 0 aliphatic carbocycles. The molecule has 7 atom stereocenters. The van der Waals surface area contributed by atoms with Crippen LogP contribution in [0.2, 0.25) is 0 Å². The number of fused-ring (bicyclic) bond motifs is 11. The lowest BCUT2D eigenvalue weighted by molar-refractivity contribution is -0.134. The summed E-state index contributed by atoms with van der Waals surface area (Å²) in [5.41, 5.74) is 1.63. The number of carbonyl (C=O) groups excluding carboxylic acids is 3. The van der Waals surface area contributed by atoms with Gasteiger partial charge in [-0.15, -0.1) is 0 Å². The highest BCUT2D eigenvalue weighted by atomic mass is 16.5. The van der Waals surface area contributed by atoms with Crippen LogP contribution in [0.15, 0.2) is 54.6 Å². The molecule has 1 spiro atoms. The van der Waals surface area contributed by atoms with E-state index in [1.165, 1.54) is 4.90 Å². The molecular weight excluding hydrogens is 406 g/mol. The Morgan fingerprint density at radius 3 is 2.28 bits per heavy atom. The Kier molecular flexibility index (Phi) is 3.39. The zero-order valence-electron chi connectivity index (χ0n) is 17.8. The molecule has 0 N–H and O–H groups in total. The number of anilines is 2. The van der Waals surface area contributed by atoms with Crippen molar-refractivity contribution in [1.82, 2.24) is 4.90 Å². The molecule has 7 nitrogen and oxygen atoms in total. The maximum Gasteiger partial charge on any atom is 0.252 e. The maximum atomic E-state index is 13.8. The summed E-state index contributed by atoms with van der Waals surface area (Å²) in [6, 6.07) is 17.0. The third kappa shape index (κ3) is 1.82. The fourth-order valence-electron chi connectivity index (χ4n) is 7.45. The van der Waals surface area contributed by atoms with Crippen molar-refractivity contribution in [1.29, 1.82) is 0 Å². The number of amides is 3. The van der Waals surface area contributed by atoms with E-state index in [9.17, 15) is 14.4 Å². The Hall–Kier alpha value is -3.03. The summed E-state index contributed by atoms with van der Waals surface area (Å²) in [7, 11) is 3.80. The second kappa shape index (κ2) is 5.85. The number of likely N-dealkylation sites (tertiary alicyclic amines) is 1. The van der Waals surface area contributed by atoms with Gasteiger partial charge in [0.25, 0.3) is 5.91 Å². The number of nitrogens with zero attached hydrogens (tertiary/aromatic N) is 3. The second-order valence-corrected chi connectivity index (χ2v) is 9.68. The topological polar surface area (TPSA) is 70.2 Å². The summed E-state index contributed by atoms with van der Waals surface area (Å²) in [5, 5.41) is 0. The molecule has 32 heavy (non-hydrogen) atoms. The van der Waals surface area contributed by atoms with Crippen molar-refractivity contribution in [2.45, 2.75) is 17.7 Å². The molecule has 4 saturated heterocycles. The number of hydrogen-bond acceptors (Lipinski definition) is 5. The molecule has 2 aromatic carbocycles. The van der Waals surface area contributed by atoms with Crippen molar-refractivity contribution in [3.8, 4) is 0 Å². The lowest BCUT2D eigenvalue weighted by Crippen LogP contribution is -2.55. The first kappa shape index (κ1) is 18.5. The van der Waals surface area contributed by atoms with Crippen LogP contribution in [0.1, 0.15) is 5.56 Å². The minimum atomic E-state index is -0.857. The molecule has 0 aromatic heterocycles. The van der Waals surface area contributed by atoms with Crippen LogP contribution in [-0.4, -0.2) is 55.5 Å². The van der Waals surface area contributed by atoms with Crippen molar-refractivity contribution in [3.63, 3.8) is 0 Å². The van der Waals surface area contributed by atoms with Gasteiger partial charge in [-0.25, -0.2) is 4.90 Å². The Morgan fingerprint density at radius 2 is 1.53 bits per heavy atom. The van der Waals surface area contributed by atoms with Crippen LogP contribution in [0.4, 0.5) is 11.4 Å². The molecule has 5 aliphatic heterocycles. The fraction of sp³-hybridized carbons (Fsp3) is 0.400. The van der Waals surface area contributed by atoms with Crippen LogP contribution in [-0.2, 0) is 24.7 Å². The molecule has 7 heteroatoms. The van der Waals surface area contributed by atoms with Crippen LogP contribution in [0, 0.1) is 23.7 Å². The van der Waals surface area contributed by atoms with E-state index in [-0.39, 0.29) is 35.7 Å². The van der Waals surface area contributed by atoms with Gasteiger partial charge in [-0.1, -0.05) is 36.4 Å². The molecule has 3 amide bonds. The van der Waals surface area contributed by atoms with Crippen LogP contribution >= 0.6 is 0 Å². The average Bonchev–Trinajstić information content (AvgIpc) is 3.55. The number of hydrogen-bond donors (Lipinski definition) is 0. The first-order valence-corrected chi connectivity index (χ1v) is 11.1. The van der Waals surface area contributed by atoms with Gasteiger partial charge in [-0.3, -0.25) is 19.3 Å². The van der Waals surface area contributed by atoms with E-state index >= 15 is 0 Å². The van der Waals surface area contributed by atoms with Crippen molar-refractivity contribution in [2.24, 2.45) is 23.7 Å². The van der Waals surface area contributed by atoms with E-state index in [1.54, 1.807) is 17.0 Å². The Morgan fingerprint density at radius 1 is 0.875 bits per heavy atom. The predicted octanol–water partition coefficient (Wildman–Crippen LogP) is 1.62. The number of rotatable bonds is 1. The first-order chi connectivity index (χ1) is 15.5. The van der Waals surface area contributed by atoms with Crippen LogP contribution < -0.4 is 9.80 Å². The number of benzene rings is 2. The lowest BCUT2D eigenvalue weighted by Gasteiger charge is -2.39. The monoisotopic (exact) mass is 429 g/mol. The van der Waals surface area contributed by atoms with Crippen LogP contribution in [0.3, 0.4) is 0 Å². The number of imide groups is 1. The normalized spacial score (nSPS) is 39.4. The smallest absolute Gasteiger partial charge is 0.252 e. The lowest BCUT2D eigenvalue weighted by atomic mass is 9.63. The Bertz CT molecular complexity index is 1200. The van der Waals surface area contributed by atoms with E-state index in [0.717, 1.165) is 11.3 Å². The molecule has 2 bridgehead atoms. The molecule has 4 fully saturated rings. The SMILES string of the molecule is CN1C(=O)[C@@]2(c3ccccc31)C1C(CN2C)[C@@H]2O[C@@H]1C1C(=O)N(c3ccccc3)C(=O)C12. The third-order valence-electron chi connectivity index (χ3n) is 8.55. The molecule has 0 radical (unpaired) electrons. The largest absolute Gasteiger partial charge is 0.373 e. The van der Waals surface area contributed by atoms with Crippen LogP contribution in [0.5, 0.6) is 0 Å². The van der Waals surface area contributed by atoms with E-state index in [4.69, 9.17) is 4.74 Å². The molecule has 7 rings (SSSR count). The zero-order chi connectivity index (χ0) is 21.9. The number of likely N-dealkylation sites (N-methyl/N-ethyl adjacent to an activating group) is 2. The quantitative estimate of drug-likeness (QED) is 0.645. The highest BCUT2D eigenvalue weighted by Crippen LogP contribution is 2.65. The first-order valence-electron chi connectivity index (χ1n) is 11.1. The van der Waals surface area contributed by atoms with Crippen molar-refractivity contribution in [2.75, 3.05) is 30.4 Å². The zero-order valence-corrected chi connectivity index (χ0v) is 17.8. The van der Waals surface area contributed by atoms with E-state index in [0.29, 0.717) is 12.2 Å². The van der Waals surface area contributed by atoms with Gasteiger partial charge in [0, 0.05) is 36.7 Å². The number of para-hydroxylation sites is 2. The molecule has 162 valence electrons. The van der Waals surface area contributed by atoms with Gasteiger partial charge in [0.05, 0.1) is 29.7 Å². The van der Waals surface area contributed by atoms with E-state index < -0.39 is 23.5 Å². The third-order valence-corrected chi connectivity index (χ3v) is 8.55. The maximum absolute atomic E-state index is 13.8. The van der Waals surface area contributed by atoms with Gasteiger partial charge in [0.2, 0.25) is 11.8 Å². The van der Waals surface area contributed by atoms with Crippen molar-refractivity contribution < 1.29 is 19.1 Å². The summed E-state index contributed by atoms with van der Waals surface area (Å²) < 4.78 is 6.40. The standard InChI is InChI=1S/C25H23N3O4/c1-26-12-14-19(25(26)15-10-6-7-11-16(15)27(2)24(25)31)21-18-17(20(14)32-21)22(29)28(23(18)30)13-8-4-3-5-9-13/h3-11,14,17-21H,12H2,1-2H3/t14?,17?,18?,19?,20-,21+,25+/m0/s1. The molecule has 5 aliphatic rings. The minimum Gasteiger partial charge on any atom is -0.373 e. The molecule has 4 unspecified atom stereocenters. The van der Waals surface area contributed by atoms with Gasteiger partial charge in [0.1, 0.15) is 5.54 Å². The summed E-state index contributed by atoms with van der Waals surface area (Å²) in [4.78, 5) is 46.0. The molecule has 5 heterocycles. The summed E-state index contributed by atoms with van der Waals surface area (Å²) in [6.45, 7) is 0.662. The van der Waals surface area contributed by atoms with Gasteiger partial charge < -0.3 is 9.64 Å². The van der Waals surface area contributed by atoms with E-state index in [1.807, 2.05) is 56.6 Å². The molecule has 2 aromatic rings. The molecular formula is C25H23N3O4. The summed E-state index contributed by atoms with van der Waals surface area (Å²) in [6.07, 6.45) is -0.790. The van der Waals surface area contributed by atoms with Crippen molar-refractivity contribution >= 4 is 29.1 Å². The van der Waals surface area contributed by atoms with Gasteiger partial charge >= 0.3 is 0 Å². The van der Waals surface area contributed by atoms with Gasteiger partial charge in [-0.05, 0) is 25.2 Å². The number of carbonyl (C=O) groups is 3. The summed E-state index contributed by atoms with van der Waals surface area (Å²) in [5.74, 6) is -1.49. The predicted molar refractivity (Wildman–Crippen MR) is 116 cm³/mol. The number of ether oxygens (including phenoxy) is 1. The summed E-state index contributed by atoms with van der Waals surface area (Å²) >= 11 is 0. The average molecular weight is 429 g/mol. The van der Waals surface area contributed by atoms with Gasteiger partial charge in [0.15, 0.2) is 0 Å². The highest BCUT2D eigenvalue weighted by molar-refractivity contribution is 6.23. The second-order valence-electron chi connectivity index (χ2n) is 9.68. The highest BCUT2D eigenvalue weighted by Gasteiger charge is 2.77. The Labute approximate surface area is 185 Å². The fourth-order valence-corrected chi connectivity index (χ4v) is 7.45. The van der Waals surface area contributed by atoms with Crippen molar-refractivity contribution in [3.05, 3.63) is 60.2 Å². The van der Waals surface area contributed by atoms with Gasteiger partial charge in [-0.2, -0.15) is 0 Å². The van der Waals surface area contributed by atoms with E-state index in [2.05, 4.69) is 4.90 Å².